The van der Waals surface area contributed by atoms with Crippen LogP contribution in [0.1, 0.15) is 20.8 Å². The fraction of sp³-hybridized carbons (Fsp3) is 1.00. The molecule has 1 unspecified atom stereocenters. The lowest BCUT2D eigenvalue weighted by Crippen LogP contribution is -2.44. The molecule has 0 aromatic rings. The first-order valence-electron chi connectivity index (χ1n) is 4.51. The monoisotopic (exact) mass is 174 g/mol. The van der Waals surface area contributed by atoms with Gasteiger partial charge in [-0.3, -0.25) is 0 Å². The summed E-state index contributed by atoms with van der Waals surface area (Å²) in [6.45, 7) is 8.08. The van der Waals surface area contributed by atoms with Crippen molar-refractivity contribution in [3.8, 4) is 0 Å². The van der Waals surface area contributed by atoms with Crippen LogP contribution < -0.4 is 5.73 Å². The van der Waals surface area contributed by atoms with Crippen LogP contribution in [0.25, 0.3) is 0 Å². The van der Waals surface area contributed by atoms with E-state index in [0.717, 1.165) is 6.54 Å². The van der Waals surface area contributed by atoms with Crippen LogP contribution in [0.2, 0.25) is 0 Å². The van der Waals surface area contributed by atoms with Gasteiger partial charge in [0.25, 0.3) is 0 Å². The Bertz CT molecular complexity index is 124. The summed E-state index contributed by atoms with van der Waals surface area (Å²) in [4.78, 5) is 2.06. The van der Waals surface area contributed by atoms with Gasteiger partial charge >= 0.3 is 0 Å². The Morgan fingerprint density at radius 3 is 2.33 bits per heavy atom. The maximum Gasteiger partial charge on any atom is 0.0768 e. The molecule has 3 N–H and O–H groups in total. The third-order valence-corrected chi connectivity index (χ3v) is 2.34. The molecule has 0 spiro atoms. The van der Waals surface area contributed by atoms with Gasteiger partial charge in [0, 0.05) is 19.6 Å². The molecule has 0 aliphatic heterocycles. The molecule has 0 aliphatic rings. The van der Waals surface area contributed by atoms with Crippen LogP contribution in [0, 0.1) is 5.92 Å². The minimum atomic E-state index is -0.607. The highest BCUT2D eigenvalue weighted by atomic mass is 16.3. The van der Waals surface area contributed by atoms with Gasteiger partial charge in [0.05, 0.1) is 5.60 Å². The average molecular weight is 174 g/mol. The lowest BCUT2D eigenvalue weighted by atomic mass is 9.92. The molecule has 0 aromatic heterocycles. The fourth-order valence-electron chi connectivity index (χ4n) is 1.03. The molecule has 0 aliphatic carbocycles. The van der Waals surface area contributed by atoms with Gasteiger partial charge in [-0.05, 0) is 19.9 Å². The topological polar surface area (TPSA) is 49.5 Å². The predicted molar refractivity (Wildman–Crippen MR) is 52.0 cm³/mol. The van der Waals surface area contributed by atoms with Crippen molar-refractivity contribution < 1.29 is 5.11 Å². The number of aliphatic hydroxyl groups is 1. The lowest BCUT2D eigenvalue weighted by molar-refractivity contribution is -0.0123. The largest absolute Gasteiger partial charge is 0.389 e. The van der Waals surface area contributed by atoms with Gasteiger partial charge in [-0.25, -0.2) is 0 Å². The Kier molecular flexibility index (Phi) is 4.75. The third kappa shape index (κ3) is 4.04. The van der Waals surface area contributed by atoms with Crippen molar-refractivity contribution >= 4 is 0 Å². The SMILES string of the molecule is CC(C)C(C)(O)CN(C)CCN. The molecule has 0 saturated heterocycles. The van der Waals surface area contributed by atoms with E-state index < -0.39 is 5.60 Å². The molecule has 74 valence electrons. The molecule has 0 heterocycles. The number of rotatable bonds is 5. The molecular weight excluding hydrogens is 152 g/mol. The van der Waals surface area contributed by atoms with Gasteiger partial charge in [-0.1, -0.05) is 13.8 Å². The molecule has 0 aromatic carbocycles. The minimum Gasteiger partial charge on any atom is -0.389 e. The van der Waals surface area contributed by atoms with Gasteiger partial charge in [0.1, 0.15) is 0 Å². The highest BCUT2D eigenvalue weighted by Gasteiger charge is 2.25. The molecule has 0 saturated carbocycles. The second kappa shape index (κ2) is 4.80. The van der Waals surface area contributed by atoms with E-state index in [0.29, 0.717) is 13.1 Å². The van der Waals surface area contributed by atoms with E-state index in [1.165, 1.54) is 0 Å². The quantitative estimate of drug-likeness (QED) is 0.629. The maximum atomic E-state index is 9.91. The summed E-state index contributed by atoms with van der Waals surface area (Å²) in [5, 5.41) is 9.91. The smallest absolute Gasteiger partial charge is 0.0768 e. The van der Waals surface area contributed by atoms with Crippen LogP contribution in [0.5, 0.6) is 0 Å². The van der Waals surface area contributed by atoms with Crippen LogP contribution in [-0.2, 0) is 0 Å². The third-order valence-electron chi connectivity index (χ3n) is 2.34. The molecule has 0 rings (SSSR count). The molecule has 0 fully saturated rings. The number of likely N-dealkylation sites (N-methyl/N-ethyl adjacent to an activating group) is 1. The fourth-order valence-corrected chi connectivity index (χ4v) is 1.03. The van der Waals surface area contributed by atoms with Gasteiger partial charge in [-0.15, -0.1) is 0 Å². The highest BCUT2D eigenvalue weighted by molar-refractivity contribution is 4.79. The number of nitrogens with zero attached hydrogens (tertiary/aromatic N) is 1. The van der Waals surface area contributed by atoms with E-state index in [2.05, 4.69) is 4.90 Å². The zero-order chi connectivity index (χ0) is 9.78. The molecule has 3 nitrogen and oxygen atoms in total. The summed E-state index contributed by atoms with van der Waals surface area (Å²) < 4.78 is 0. The average Bonchev–Trinajstić information content (AvgIpc) is 1.85. The first-order valence-corrected chi connectivity index (χ1v) is 4.51. The second-order valence-corrected chi connectivity index (χ2v) is 4.04. The van der Waals surface area contributed by atoms with E-state index in [-0.39, 0.29) is 5.92 Å². The van der Waals surface area contributed by atoms with Crippen molar-refractivity contribution in [2.24, 2.45) is 11.7 Å². The maximum absolute atomic E-state index is 9.91. The van der Waals surface area contributed by atoms with E-state index in [9.17, 15) is 5.11 Å². The van der Waals surface area contributed by atoms with Gasteiger partial charge in [0.15, 0.2) is 0 Å². The van der Waals surface area contributed by atoms with Crippen molar-refractivity contribution in [1.29, 1.82) is 0 Å². The molecule has 1 atom stereocenters. The number of hydrogen-bond donors (Lipinski definition) is 2. The summed E-state index contributed by atoms with van der Waals surface area (Å²) >= 11 is 0. The zero-order valence-corrected chi connectivity index (χ0v) is 8.67. The lowest BCUT2D eigenvalue weighted by Gasteiger charge is -2.32. The van der Waals surface area contributed by atoms with E-state index in [4.69, 9.17) is 5.73 Å². The normalized spacial score (nSPS) is 17.0. The van der Waals surface area contributed by atoms with Crippen LogP contribution in [0.3, 0.4) is 0 Å². The van der Waals surface area contributed by atoms with E-state index in [1.807, 2.05) is 27.8 Å². The van der Waals surface area contributed by atoms with Gasteiger partial charge in [-0.2, -0.15) is 0 Å². The molecule has 12 heavy (non-hydrogen) atoms. The van der Waals surface area contributed by atoms with Crippen molar-refractivity contribution in [1.82, 2.24) is 4.90 Å². The summed E-state index contributed by atoms with van der Waals surface area (Å²) in [6, 6.07) is 0. The second-order valence-electron chi connectivity index (χ2n) is 4.04. The van der Waals surface area contributed by atoms with Crippen LogP contribution in [0.4, 0.5) is 0 Å². The highest BCUT2D eigenvalue weighted by Crippen LogP contribution is 2.16. The van der Waals surface area contributed by atoms with E-state index in [1.54, 1.807) is 0 Å². The van der Waals surface area contributed by atoms with Gasteiger partial charge in [0.2, 0.25) is 0 Å². The van der Waals surface area contributed by atoms with Crippen LogP contribution >= 0.6 is 0 Å². The van der Waals surface area contributed by atoms with Gasteiger partial charge < -0.3 is 15.7 Å². The summed E-state index contributed by atoms with van der Waals surface area (Å²) in [6.07, 6.45) is 0. The number of hydrogen-bond acceptors (Lipinski definition) is 3. The summed E-state index contributed by atoms with van der Waals surface area (Å²) in [7, 11) is 1.98. The Morgan fingerprint density at radius 1 is 1.50 bits per heavy atom. The molecule has 0 amide bonds. The summed E-state index contributed by atoms with van der Waals surface area (Å²) in [5.41, 5.74) is 4.79. The molecule has 3 heteroatoms. The molecular formula is C9H22N2O. The molecule has 0 radical (unpaired) electrons. The van der Waals surface area contributed by atoms with Crippen molar-refractivity contribution in [2.75, 3.05) is 26.7 Å². The zero-order valence-electron chi connectivity index (χ0n) is 8.67. The summed E-state index contributed by atoms with van der Waals surface area (Å²) in [5.74, 6) is 0.276. The Hall–Kier alpha value is -0.120. The standard InChI is InChI=1S/C9H22N2O/c1-8(2)9(3,12)7-11(4)6-5-10/h8,12H,5-7,10H2,1-4H3. The van der Waals surface area contributed by atoms with E-state index >= 15 is 0 Å². The first-order chi connectivity index (χ1) is 5.40. The van der Waals surface area contributed by atoms with Crippen LogP contribution in [0.15, 0.2) is 0 Å². The Labute approximate surface area is 75.6 Å². The first kappa shape index (κ1) is 11.9. The van der Waals surface area contributed by atoms with Crippen molar-refractivity contribution in [3.63, 3.8) is 0 Å². The van der Waals surface area contributed by atoms with Crippen LogP contribution in [-0.4, -0.2) is 42.3 Å². The van der Waals surface area contributed by atoms with Crippen molar-refractivity contribution in [3.05, 3.63) is 0 Å². The molecule has 0 bridgehead atoms. The Morgan fingerprint density at radius 2 is 2.00 bits per heavy atom. The van der Waals surface area contributed by atoms with Crippen molar-refractivity contribution in [2.45, 2.75) is 26.4 Å². The Balaban J connectivity index is 3.88. The predicted octanol–water partition coefficient (Wildman–Crippen LogP) is 0.284. The minimum absolute atomic E-state index is 0.276. The number of nitrogens with two attached hydrogens (primary N) is 1.